The van der Waals surface area contributed by atoms with Gasteiger partial charge in [-0.15, -0.1) is 11.8 Å². The first-order valence-electron chi connectivity index (χ1n) is 6.60. The van der Waals surface area contributed by atoms with E-state index in [9.17, 15) is 4.79 Å². The average Bonchev–Trinajstić information content (AvgIpc) is 2.53. The zero-order chi connectivity index (χ0) is 14.5. The van der Waals surface area contributed by atoms with Crippen molar-refractivity contribution in [3.05, 3.63) is 29.8 Å². The molecule has 0 bridgehead atoms. The number of nitrogens with zero attached hydrogens (tertiary/aromatic N) is 2. The summed E-state index contributed by atoms with van der Waals surface area (Å²) in [5.74, 6) is 0.0488. The van der Waals surface area contributed by atoms with Crippen LogP contribution in [0.25, 0.3) is 0 Å². The first-order chi connectivity index (χ1) is 9.67. The number of hydrogen-bond donors (Lipinski definition) is 2. The van der Waals surface area contributed by atoms with E-state index in [2.05, 4.69) is 5.16 Å². The smallest absolute Gasteiger partial charge is 0.254 e. The van der Waals surface area contributed by atoms with E-state index in [1.54, 1.807) is 16.7 Å². The lowest BCUT2D eigenvalue weighted by atomic mass is 10.00. The monoisotopic (exact) mass is 293 g/mol. The van der Waals surface area contributed by atoms with Crippen molar-refractivity contribution in [1.82, 2.24) is 4.90 Å². The SMILES string of the molecule is CSc1ccc(C(=O)N2CCCCC2C(N)=NO)cc1. The summed E-state index contributed by atoms with van der Waals surface area (Å²) in [5, 5.41) is 11.9. The van der Waals surface area contributed by atoms with E-state index in [1.165, 1.54) is 0 Å². The Labute approximate surface area is 122 Å². The van der Waals surface area contributed by atoms with Gasteiger partial charge in [-0.1, -0.05) is 5.16 Å². The van der Waals surface area contributed by atoms with E-state index in [-0.39, 0.29) is 17.8 Å². The fourth-order valence-electron chi connectivity index (χ4n) is 2.45. The van der Waals surface area contributed by atoms with Crippen LogP contribution in [0.5, 0.6) is 0 Å². The van der Waals surface area contributed by atoms with Crippen LogP contribution in [0.2, 0.25) is 0 Å². The average molecular weight is 293 g/mol. The largest absolute Gasteiger partial charge is 0.409 e. The molecule has 1 amide bonds. The Bertz CT molecular complexity index is 502. The highest BCUT2D eigenvalue weighted by atomic mass is 32.2. The summed E-state index contributed by atoms with van der Waals surface area (Å²) in [6.45, 7) is 0.643. The second-order valence-electron chi connectivity index (χ2n) is 4.76. The molecule has 1 unspecified atom stereocenters. The number of piperidine rings is 1. The third-order valence-corrected chi connectivity index (χ3v) is 4.30. The highest BCUT2D eigenvalue weighted by molar-refractivity contribution is 7.98. The van der Waals surface area contributed by atoms with E-state index < -0.39 is 0 Å². The van der Waals surface area contributed by atoms with Crippen LogP contribution >= 0.6 is 11.8 Å². The Morgan fingerprint density at radius 2 is 2.10 bits per heavy atom. The summed E-state index contributed by atoms with van der Waals surface area (Å²) in [5.41, 5.74) is 6.34. The molecule has 1 fully saturated rings. The van der Waals surface area contributed by atoms with E-state index in [4.69, 9.17) is 10.9 Å². The number of rotatable bonds is 3. The van der Waals surface area contributed by atoms with Gasteiger partial charge in [0.1, 0.15) is 0 Å². The number of oxime groups is 1. The summed E-state index contributed by atoms with van der Waals surface area (Å²) in [4.78, 5) is 15.4. The van der Waals surface area contributed by atoms with Crippen LogP contribution in [0.3, 0.4) is 0 Å². The molecule has 1 saturated heterocycles. The van der Waals surface area contributed by atoms with Gasteiger partial charge < -0.3 is 15.8 Å². The molecule has 1 aromatic rings. The molecule has 1 aliphatic rings. The maximum atomic E-state index is 12.6. The van der Waals surface area contributed by atoms with E-state index >= 15 is 0 Å². The molecular weight excluding hydrogens is 274 g/mol. The van der Waals surface area contributed by atoms with Crippen LogP contribution in [0.4, 0.5) is 0 Å². The molecule has 1 atom stereocenters. The fraction of sp³-hybridized carbons (Fsp3) is 0.429. The standard InChI is InChI=1S/C14H19N3O2S/c1-20-11-7-5-10(6-8-11)14(18)17-9-3-2-4-12(17)13(15)16-19/h5-8,12,19H,2-4,9H2,1H3,(H2,15,16). The molecule has 5 nitrogen and oxygen atoms in total. The van der Waals surface area contributed by atoms with Crippen molar-refractivity contribution in [2.75, 3.05) is 12.8 Å². The molecule has 0 aliphatic carbocycles. The van der Waals surface area contributed by atoms with Crippen LogP contribution in [0.15, 0.2) is 34.3 Å². The first kappa shape index (κ1) is 14.7. The molecule has 1 heterocycles. The van der Waals surface area contributed by atoms with Crippen LogP contribution in [-0.2, 0) is 0 Å². The van der Waals surface area contributed by atoms with Gasteiger partial charge >= 0.3 is 0 Å². The molecule has 108 valence electrons. The van der Waals surface area contributed by atoms with Crippen molar-refractivity contribution in [2.24, 2.45) is 10.9 Å². The highest BCUT2D eigenvalue weighted by Crippen LogP contribution is 2.21. The predicted molar refractivity (Wildman–Crippen MR) is 80.3 cm³/mol. The number of carbonyl (C=O) groups excluding carboxylic acids is 1. The number of benzene rings is 1. The topological polar surface area (TPSA) is 78.9 Å². The summed E-state index contributed by atoms with van der Waals surface area (Å²) >= 11 is 1.64. The molecule has 20 heavy (non-hydrogen) atoms. The van der Waals surface area contributed by atoms with Crippen LogP contribution in [0, 0.1) is 0 Å². The molecular formula is C14H19N3O2S. The van der Waals surface area contributed by atoms with E-state index in [1.807, 2.05) is 30.5 Å². The third kappa shape index (κ3) is 3.07. The van der Waals surface area contributed by atoms with Gasteiger partial charge in [0, 0.05) is 17.0 Å². The Hall–Kier alpha value is -1.69. The van der Waals surface area contributed by atoms with Gasteiger partial charge in [-0.3, -0.25) is 4.79 Å². The second-order valence-corrected chi connectivity index (χ2v) is 5.64. The van der Waals surface area contributed by atoms with Gasteiger partial charge in [0.2, 0.25) is 0 Å². The van der Waals surface area contributed by atoms with Crippen LogP contribution < -0.4 is 5.73 Å². The van der Waals surface area contributed by atoms with Crippen molar-refractivity contribution in [3.8, 4) is 0 Å². The van der Waals surface area contributed by atoms with Gasteiger partial charge in [0.25, 0.3) is 5.91 Å². The zero-order valence-electron chi connectivity index (χ0n) is 11.5. The van der Waals surface area contributed by atoms with Crippen molar-refractivity contribution in [2.45, 2.75) is 30.2 Å². The van der Waals surface area contributed by atoms with Gasteiger partial charge in [-0.05, 0) is 49.8 Å². The second kappa shape index (κ2) is 6.65. The van der Waals surface area contributed by atoms with Gasteiger partial charge in [0.15, 0.2) is 5.84 Å². The number of carbonyl (C=O) groups is 1. The number of nitrogens with two attached hydrogens (primary N) is 1. The van der Waals surface area contributed by atoms with Gasteiger partial charge in [0.05, 0.1) is 6.04 Å². The molecule has 0 radical (unpaired) electrons. The number of thioether (sulfide) groups is 1. The van der Waals surface area contributed by atoms with E-state index in [0.29, 0.717) is 12.1 Å². The molecule has 0 saturated carbocycles. The lowest BCUT2D eigenvalue weighted by molar-refractivity contribution is 0.0676. The van der Waals surface area contributed by atoms with E-state index in [0.717, 1.165) is 24.2 Å². The van der Waals surface area contributed by atoms with Crippen molar-refractivity contribution in [1.29, 1.82) is 0 Å². The van der Waals surface area contributed by atoms with Crippen LogP contribution in [0.1, 0.15) is 29.6 Å². The summed E-state index contributed by atoms with van der Waals surface area (Å²) in [6.07, 6.45) is 4.67. The summed E-state index contributed by atoms with van der Waals surface area (Å²) in [6, 6.07) is 7.21. The molecule has 0 aromatic heterocycles. The molecule has 1 aromatic carbocycles. The van der Waals surface area contributed by atoms with Crippen molar-refractivity contribution in [3.63, 3.8) is 0 Å². The lowest BCUT2D eigenvalue weighted by Gasteiger charge is -2.34. The summed E-state index contributed by atoms with van der Waals surface area (Å²) < 4.78 is 0. The fourth-order valence-corrected chi connectivity index (χ4v) is 2.86. The normalized spacial score (nSPS) is 19.9. The van der Waals surface area contributed by atoms with Gasteiger partial charge in [-0.25, -0.2) is 0 Å². The maximum absolute atomic E-state index is 12.6. The van der Waals surface area contributed by atoms with Crippen molar-refractivity contribution >= 4 is 23.5 Å². The molecule has 3 N–H and O–H groups in total. The minimum Gasteiger partial charge on any atom is -0.409 e. The Kier molecular flexibility index (Phi) is 4.89. The third-order valence-electron chi connectivity index (χ3n) is 3.56. The summed E-state index contributed by atoms with van der Waals surface area (Å²) in [7, 11) is 0. The Balaban J connectivity index is 2.20. The molecule has 0 spiro atoms. The number of likely N-dealkylation sites (tertiary alicyclic amines) is 1. The molecule has 6 heteroatoms. The molecule has 1 aliphatic heterocycles. The minimum absolute atomic E-state index is 0.0612. The highest BCUT2D eigenvalue weighted by Gasteiger charge is 2.30. The number of amides is 1. The Morgan fingerprint density at radius 3 is 2.70 bits per heavy atom. The lowest BCUT2D eigenvalue weighted by Crippen LogP contribution is -2.50. The number of hydrogen-bond acceptors (Lipinski definition) is 4. The van der Waals surface area contributed by atoms with Gasteiger partial charge in [-0.2, -0.15) is 0 Å². The quantitative estimate of drug-likeness (QED) is 0.294. The Morgan fingerprint density at radius 1 is 1.40 bits per heavy atom. The van der Waals surface area contributed by atoms with Crippen LogP contribution in [-0.4, -0.2) is 40.7 Å². The first-order valence-corrected chi connectivity index (χ1v) is 7.82. The number of amidine groups is 1. The van der Waals surface area contributed by atoms with Crippen molar-refractivity contribution < 1.29 is 10.0 Å². The maximum Gasteiger partial charge on any atom is 0.254 e. The molecule has 2 rings (SSSR count). The predicted octanol–water partition coefficient (Wildman–Crippen LogP) is 2.15. The minimum atomic E-state index is -0.304. The zero-order valence-corrected chi connectivity index (χ0v) is 12.3.